The summed E-state index contributed by atoms with van der Waals surface area (Å²) in [6.07, 6.45) is 5.73. The number of hydrogen-bond acceptors (Lipinski definition) is 5. The fraction of sp³-hybridized carbons (Fsp3) is 0.200. The van der Waals surface area contributed by atoms with Crippen molar-refractivity contribution >= 4 is 22.9 Å². The number of rotatable bonds is 9. The van der Waals surface area contributed by atoms with Crippen molar-refractivity contribution in [3.8, 4) is 5.75 Å². The molecule has 0 amide bonds. The first-order valence-corrected chi connectivity index (χ1v) is 10.3. The maximum Gasteiger partial charge on any atom is 0.144 e. The first-order chi connectivity index (χ1) is 15.2. The van der Waals surface area contributed by atoms with E-state index in [1.165, 1.54) is 0 Å². The Morgan fingerprint density at radius 3 is 2.52 bits per heavy atom. The van der Waals surface area contributed by atoms with Gasteiger partial charge in [-0.1, -0.05) is 48.5 Å². The number of ether oxygens (including phenoxy) is 1. The normalized spacial score (nSPS) is 11.5. The van der Waals surface area contributed by atoms with E-state index >= 15 is 0 Å². The number of hydrogen-bond donors (Lipinski definition) is 1. The summed E-state index contributed by atoms with van der Waals surface area (Å²) in [7, 11) is 4.14. The lowest BCUT2D eigenvalue weighted by atomic mass is 10.2. The van der Waals surface area contributed by atoms with Crippen molar-refractivity contribution in [2.75, 3.05) is 26.1 Å². The number of para-hydroxylation sites is 1. The molecule has 0 spiro atoms. The lowest BCUT2D eigenvalue weighted by Crippen LogP contribution is -2.18. The number of pyridine rings is 1. The molecule has 2 aromatic heterocycles. The van der Waals surface area contributed by atoms with Crippen LogP contribution in [0.4, 0.5) is 5.69 Å². The van der Waals surface area contributed by atoms with Crippen LogP contribution in [0.3, 0.4) is 0 Å². The van der Waals surface area contributed by atoms with Crippen LogP contribution in [-0.4, -0.2) is 41.3 Å². The molecule has 2 aromatic carbocycles. The predicted octanol–water partition coefficient (Wildman–Crippen LogP) is 4.62. The molecule has 0 bridgehead atoms. The summed E-state index contributed by atoms with van der Waals surface area (Å²) in [6, 6.07) is 22.0. The summed E-state index contributed by atoms with van der Waals surface area (Å²) >= 11 is 0. The van der Waals surface area contributed by atoms with Gasteiger partial charge in [0.2, 0.25) is 0 Å². The highest BCUT2D eigenvalue weighted by molar-refractivity contribution is 6.01. The lowest BCUT2D eigenvalue weighted by Gasteiger charge is -2.11. The van der Waals surface area contributed by atoms with Gasteiger partial charge in [0.05, 0.1) is 17.3 Å². The quantitative estimate of drug-likeness (QED) is 0.321. The van der Waals surface area contributed by atoms with E-state index in [2.05, 4.69) is 57.4 Å². The summed E-state index contributed by atoms with van der Waals surface area (Å²) in [5, 5.41) is 5.42. The van der Waals surface area contributed by atoms with Crippen molar-refractivity contribution in [2.24, 2.45) is 5.10 Å². The molecule has 6 heteroatoms. The zero-order valence-electron chi connectivity index (χ0n) is 17.9. The highest BCUT2D eigenvalue weighted by Gasteiger charge is 2.14. The third-order valence-electron chi connectivity index (χ3n) is 4.94. The highest BCUT2D eigenvalue weighted by Crippen LogP contribution is 2.29. The van der Waals surface area contributed by atoms with Gasteiger partial charge < -0.3 is 14.2 Å². The minimum Gasteiger partial charge on any atom is -0.488 e. The summed E-state index contributed by atoms with van der Waals surface area (Å²) in [5.74, 6) is 0.804. The highest BCUT2D eigenvalue weighted by atomic mass is 16.5. The van der Waals surface area contributed by atoms with Gasteiger partial charge in [0, 0.05) is 31.0 Å². The monoisotopic (exact) mass is 413 g/mol. The molecule has 0 unspecified atom stereocenters. The molecule has 0 saturated heterocycles. The zero-order valence-corrected chi connectivity index (χ0v) is 17.9. The smallest absolute Gasteiger partial charge is 0.144 e. The third kappa shape index (κ3) is 5.29. The Kier molecular flexibility index (Phi) is 6.59. The van der Waals surface area contributed by atoms with Crippen molar-refractivity contribution in [1.82, 2.24) is 14.5 Å². The van der Waals surface area contributed by atoms with Gasteiger partial charge in [-0.25, -0.2) is 4.98 Å². The Hall–Kier alpha value is -3.64. The fourth-order valence-corrected chi connectivity index (χ4v) is 3.34. The van der Waals surface area contributed by atoms with Gasteiger partial charge >= 0.3 is 0 Å². The van der Waals surface area contributed by atoms with E-state index in [-0.39, 0.29) is 0 Å². The van der Waals surface area contributed by atoms with Crippen LogP contribution < -0.4 is 10.2 Å². The van der Waals surface area contributed by atoms with E-state index in [0.29, 0.717) is 6.61 Å². The molecule has 0 fully saturated rings. The van der Waals surface area contributed by atoms with Crippen LogP contribution in [0.5, 0.6) is 5.75 Å². The van der Waals surface area contributed by atoms with E-state index in [1.54, 1.807) is 6.20 Å². The van der Waals surface area contributed by atoms with Crippen molar-refractivity contribution in [1.29, 1.82) is 0 Å². The predicted molar refractivity (Wildman–Crippen MR) is 127 cm³/mol. The molecule has 158 valence electrons. The molecule has 0 aliphatic carbocycles. The molecule has 0 saturated carbocycles. The van der Waals surface area contributed by atoms with Crippen LogP contribution in [0.2, 0.25) is 0 Å². The molecule has 0 aliphatic heterocycles. The topological polar surface area (TPSA) is 54.7 Å². The summed E-state index contributed by atoms with van der Waals surface area (Å²) in [5.41, 5.74) is 7.01. The number of aromatic nitrogens is 2. The maximum atomic E-state index is 6.20. The SMILES string of the molecule is CN(C)CCn1cc(/C=N/Nc2ccccc2)c2c(OCc3ccccc3)ccnc21. The number of nitrogens with zero attached hydrogens (tertiary/aromatic N) is 4. The van der Waals surface area contributed by atoms with Crippen molar-refractivity contribution in [2.45, 2.75) is 13.2 Å². The van der Waals surface area contributed by atoms with Crippen LogP contribution in [0.25, 0.3) is 11.0 Å². The second-order valence-corrected chi connectivity index (χ2v) is 7.60. The van der Waals surface area contributed by atoms with Gasteiger partial charge in [0.1, 0.15) is 18.0 Å². The van der Waals surface area contributed by atoms with Gasteiger partial charge in [0.25, 0.3) is 0 Å². The minimum absolute atomic E-state index is 0.502. The number of likely N-dealkylation sites (N-methyl/N-ethyl adjacent to an activating group) is 1. The van der Waals surface area contributed by atoms with Gasteiger partial charge in [-0.05, 0) is 37.9 Å². The molecule has 0 radical (unpaired) electrons. The Balaban J connectivity index is 1.64. The molecule has 31 heavy (non-hydrogen) atoms. The first-order valence-electron chi connectivity index (χ1n) is 10.3. The van der Waals surface area contributed by atoms with E-state index in [9.17, 15) is 0 Å². The van der Waals surface area contributed by atoms with E-state index < -0.39 is 0 Å². The second kappa shape index (κ2) is 9.91. The third-order valence-corrected chi connectivity index (χ3v) is 4.94. The Bertz CT molecular complexity index is 1140. The van der Waals surface area contributed by atoms with Crippen molar-refractivity contribution in [3.63, 3.8) is 0 Å². The van der Waals surface area contributed by atoms with Crippen molar-refractivity contribution < 1.29 is 4.74 Å². The van der Waals surface area contributed by atoms with Gasteiger partial charge in [-0.15, -0.1) is 0 Å². The second-order valence-electron chi connectivity index (χ2n) is 7.60. The molecular formula is C25H27N5O. The van der Waals surface area contributed by atoms with Crippen LogP contribution >= 0.6 is 0 Å². The average molecular weight is 414 g/mol. The average Bonchev–Trinajstić information content (AvgIpc) is 3.16. The molecule has 4 rings (SSSR count). The first kappa shape index (κ1) is 20.6. The van der Waals surface area contributed by atoms with Gasteiger partial charge in [0.15, 0.2) is 0 Å². The van der Waals surface area contributed by atoms with E-state index in [1.807, 2.05) is 60.8 Å². The molecule has 0 aliphatic rings. The summed E-state index contributed by atoms with van der Waals surface area (Å²) in [6.45, 7) is 2.25. The number of benzene rings is 2. The Morgan fingerprint density at radius 2 is 1.77 bits per heavy atom. The van der Waals surface area contributed by atoms with Crippen molar-refractivity contribution in [3.05, 3.63) is 90.3 Å². The molecule has 0 atom stereocenters. The number of nitrogens with one attached hydrogen (secondary N) is 1. The molecular weight excluding hydrogens is 386 g/mol. The Labute approximate surface area is 182 Å². The number of anilines is 1. The molecule has 6 nitrogen and oxygen atoms in total. The molecule has 2 heterocycles. The van der Waals surface area contributed by atoms with Crippen LogP contribution in [0, 0.1) is 0 Å². The lowest BCUT2D eigenvalue weighted by molar-refractivity contribution is 0.310. The van der Waals surface area contributed by atoms with Crippen LogP contribution in [-0.2, 0) is 13.2 Å². The summed E-state index contributed by atoms with van der Waals surface area (Å²) < 4.78 is 8.37. The largest absolute Gasteiger partial charge is 0.488 e. The summed E-state index contributed by atoms with van der Waals surface area (Å²) in [4.78, 5) is 6.80. The maximum absolute atomic E-state index is 6.20. The number of hydrazone groups is 1. The number of fused-ring (bicyclic) bond motifs is 1. The molecule has 4 aromatic rings. The van der Waals surface area contributed by atoms with Gasteiger partial charge in [-0.3, -0.25) is 5.43 Å². The standard InChI is InChI=1S/C25H27N5O/c1-29(2)15-16-30-18-21(17-27-28-22-11-7-4-8-12-22)24-23(13-14-26-25(24)30)31-19-20-9-5-3-6-10-20/h3-14,17-18,28H,15-16,19H2,1-2H3/b27-17+. The van der Waals surface area contributed by atoms with Crippen LogP contribution in [0.15, 0.2) is 84.2 Å². The van der Waals surface area contributed by atoms with Crippen LogP contribution in [0.1, 0.15) is 11.1 Å². The van der Waals surface area contributed by atoms with E-state index in [0.717, 1.165) is 46.7 Å². The fourth-order valence-electron chi connectivity index (χ4n) is 3.34. The van der Waals surface area contributed by atoms with E-state index in [4.69, 9.17) is 4.74 Å². The minimum atomic E-state index is 0.502. The van der Waals surface area contributed by atoms with Gasteiger partial charge in [-0.2, -0.15) is 5.10 Å². The zero-order chi connectivity index (χ0) is 21.5. The molecule has 1 N–H and O–H groups in total. The Morgan fingerprint density at radius 1 is 1.03 bits per heavy atom.